The maximum atomic E-state index is 12.4. The molecular weight excluding hydrogens is 376 g/mol. The molecule has 1 heterocycles. The Morgan fingerprint density at radius 1 is 0.900 bits per heavy atom. The summed E-state index contributed by atoms with van der Waals surface area (Å²) in [5.74, 6) is 0.795. The Balaban J connectivity index is 1.27. The first-order valence-corrected chi connectivity index (χ1v) is 10.1. The van der Waals surface area contributed by atoms with E-state index < -0.39 is 0 Å². The molecule has 1 fully saturated rings. The Bertz CT molecular complexity index is 999. The molecule has 3 aromatic rings. The fourth-order valence-corrected chi connectivity index (χ4v) is 3.44. The van der Waals surface area contributed by atoms with E-state index in [0.29, 0.717) is 25.1 Å². The molecule has 1 aliphatic heterocycles. The Hall–Kier alpha value is -3.60. The number of nitrogens with zero attached hydrogens (tertiary/aromatic N) is 1. The van der Waals surface area contributed by atoms with Crippen molar-refractivity contribution in [1.82, 2.24) is 5.32 Å². The topological polar surface area (TPSA) is 58.6 Å². The summed E-state index contributed by atoms with van der Waals surface area (Å²) in [6.45, 7) is 1.70. The Morgan fingerprint density at radius 2 is 1.63 bits per heavy atom. The van der Waals surface area contributed by atoms with Crippen LogP contribution in [0.3, 0.4) is 0 Å². The molecule has 0 aliphatic carbocycles. The van der Waals surface area contributed by atoms with Crippen LogP contribution in [0.5, 0.6) is 5.75 Å². The minimum atomic E-state index is -0.140. The van der Waals surface area contributed by atoms with Gasteiger partial charge in [0.1, 0.15) is 12.4 Å². The van der Waals surface area contributed by atoms with Gasteiger partial charge in [0.05, 0.1) is 0 Å². The molecule has 0 saturated carbocycles. The summed E-state index contributed by atoms with van der Waals surface area (Å²) < 4.78 is 5.79. The van der Waals surface area contributed by atoms with Crippen molar-refractivity contribution >= 4 is 17.5 Å². The highest BCUT2D eigenvalue weighted by atomic mass is 16.5. The number of carbonyl (C=O) groups is 2. The first-order valence-electron chi connectivity index (χ1n) is 10.1. The highest BCUT2D eigenvalue weighted by molar-refractivity contribution is 5.97. The molecule has 0 unspecified atom stereocenters. The van der Waals surface area contributed by atoms with Gasteiger partial charge in [0.25, 0.3) is 5.91 Å². The number of nitrogens with one attached hydrogen (secondary N) is 1. The highest BCUT2D eigenvalue weighted by Crippen LogP contribution is 2.21. The van der Waals surface area contributed by atoms with Crippen LogP contribution in [0.2, 0.25) is 0 Å². The molecule has 1 saturated heterocycles. The number of anilines is 1. The molecule has 2 amide bonds. The molecule has 0 aromatic heterocycles. The summed E-state index contributed by atoms with van der Waals surface area (Å²) in [4.78, 5) is 26.0. The SMILES string of the molecule is O=C(NCc1ccc(OCc2ccccc2)cc1)c1ccc(N2CCCC2=O)cc1. The van der Waals surface area contributed by atoms with E-state index in [1.165, 1.54) is 0 Å². The van der Waals surface area contributed by atoms with Gasteiger partial charge in [-0.25, -0.2) is 0 Å². The maximum Gasteiger partial charge on any atom is 0.251 e. The minimum Gasteiger partial charge on any atom is -0.489 e. The second kappa shape index (κ2) is 9.27. The van der Waals surface area contributed by atoms with Gasteiger partial charge in [0.15, 0.2) is 0 Å². The number of rotatable bonds is 7. The molecule has 3 aromatic carbocycles. The van der Waals surface area contributed by atoms with Crippen LogP contribution in [0.25, 0.3) is 0 Å². The van der Waals surface area contributed by atoms with Gasteiger partial charge >= 0.3 is 0 Å². The van der Waals surface area contributed by atoms with Crippen LogP contribution in [-0.4, -0.2) is 18.4 Å². The zero-order chi connectivity index (χ0) is 20.8. The first-order chi connectivity index (χ1) is 14.7. The van der Waals surface area contributed by atoms with E-state index in [2.05, 4.69) is 5.32 Å². The highest BCUT2D eigenvalue weighted by Gasteiger charge is 2.21. The van der Waals surface area contributed by atoms with E-state index in [-0.39, 0.29) is 11.8 Å². The molecule has 1 aliphatic rings. The van der Waals surface area contributed by atoms with Crippen molar-refractivity contribution < 1.29 is 14.3 Å². The summed E-state index contributed by atoms with van der Waals surface area (Å²) in [6, 6.07) is 24.9. The lowest BCUT2D eigenvalue weighted by molar-refractivity contribution is -0.117. The fraction of sp³-hybridized carbons (Fsp3) is 0.200. The number of hydrogen-bond donors (Lipinski definition) is 1. The van der Waals surface area contributed by atoms with E-state index in [4.69, 9.17) is 4.74 Å². The molecule has 0 atom stereocenters. The fourth-order valence-electron chi connectivity index (χ4n) is 3.44. The number of ether oxygens (including phenoxy) is 1. The van der Waals surface area contributed by atoms with Gasteiger partial charge in [-0.1, -0.05) is 42.5 Å². The third-order valence-electron chi connectivity index (χ3n) is 5.14. The Kier molecular flexibility index (Phi) is 6.09. The molecule has 1 N–H and O–H groups in total. The quantitative estimate of drug-likeness (QED) is 0.642. The summed E-state index contributed by atoms with van der Waals surface area (Å²) >= 11 is 0. The molecule has 4 rings (SSSR count). The van der Waals surface area contributed by atoms with E-state index in [1.807, 2.05) is 66.7 Å². The molecule has 152 valence electrons. The molecule has 0 spiro atoms. The van der Waals surface area contributed by atoms with Crippen molar-refractivity contribution in [1.29, 1.82) is 0 Å². The predicted molar refractivity (Wildman–Crippen MR) is 116 cm³/mol. The van der Waals surface area contributed by atoms with Crippen LogP contribution >= 0.6 is 0 Å². The van der Waals surface area contributed by atoms with Crippen LogP contribution in [0.4, 0.5) is 5.69 Å². The maximum absolute atomic E-state index is 12.4. The van der Waals surface area contributed by atoms with Crippen LogP contribution in [0, 0.1) is 0 Å². The van der Waals surface area contributed by atoms with Gasteiger partial charge in [0, 0.05) is 30.8 Å². The van der Waals surface area contributed by atoms with Gasteiger partial charge in [-0.05, 0) is 53.9 Å². The van der Waals surface area contributed by atoms with Crippen molar-refractivity contribution in [2.45, 2.75) is 26.0 Å². The lowest BCUT2D eigenvalue weighted by atomic mass is 10.1. The van der Waals surface area contributed by atoms with Gasteiger partial charge in [-0.3, -0.25) is 9.59 Å². The number of amides is 2. The first kappa shape index (κ1) is 19.7. The van der Waals surface area contributed by atoms with E-state index >= 15 is 0 Å². The second-order valence-electron chi connectivity index (χ2n) is 7.30. The molecule has 5 nitrogen and oxygen atoms in total. The predicted octanol–water partition coefficient (Wildman–Crippen LogP) is 4.32. The summed E-state index contributed by atoms with van der Waals surface area (Å²) in [7, 11) is 0. The van der Waals surface area contributed by atoms with Crippen LogP contribution in [0.1, 0.15) is 34.3 Å². The van der Waals surface area contributed by atoms with Gasteiger partial charge < -0.3 is 15.0 Å². The molecular formula is C25H24N2O3. The third kappa shape index (κ3) is 4.87. The zero-order valence-electron chi connectivity index (χ0n) is 16.7. The van der Waals surface area contributed by atoms with E-state index in [9.17, 15) is 9.59 Å². The second-order valence-corrected chi connectivity index (χ2v) is 7.30. The molecule has 0 bridgehead atoms. The van der Waals surface area contributed by atoms with E-state index in [1.54, 1.807) is 17.0 Å². The minimum absolute atomic E-state index is 0.140. The smallest absolute Gasteiger partial charge is 0.251 e. The summed E-state index contributed by atoms with van der Waals surface area (Å²) in [5, 5.41) is 2.93. The summed E-state index contributed by atoms with van der Waals surface area (Å²) in [6.07, 6.45) is 1.48. The average Bonchev–Trinajstić information content (AvgIpc) is 3.23. The zero-order valence-corrected chi connectivity index (χ0v) is 16.7. The van der Waals surface area contributed by atoms with Gasteiger partial charge in [-0.2, -0.15) is 0 Å². The average molecular weight is 400 g/mol. The van der Waals surface area contributed by atoms with Crippen LogP contribution in [0.15, 0.2) is 78.9 Å². The van der Waals surface area contributed by atoms with Crippen LogP contribution in [-0.2, 0) is 17.9 Å². The Morgan fingerprint density at radius 3 is 2.30 bits per heavy atom. The van der Waals surface area contributed by atoms with Crippen molar-refractivity contribution in [3.05, 3.63) is 95.6 Å². The Labute approximate surface area is 176 Å². The van der Waals surface area contributed by atoms with E-state index in [0.717, 1.165) is 35.5 Å². The number of benzene rings is 3. The van der Waals surface area contributed by atoms with Crippen molar-refractivity contribution in [2.75, 3.05) is 11.4 Å². The van der Waals surface area contributed by atoms with Crippen molar-refractivity contribution in [3.63, 3.8) is 0 Å². The molecule has 30 heavy (non-hydrogen) atoms. The standard InChI is InChI=1S/C25H24N2O3/c28-24-7-4-16-27(24)22-12-10-21(11-13-22)25(29)26-17-19-8-14-23(15-9-19)30-18-20-5-2-1-3-6-20/h1-3,5-6,8-15H,4,7,16-18H2,(H,26,29). The number of hydrogen-bond acceptors (Lipinski definition) is 3. The summed E-state index contributed by atoms with van der Waals surface area (Å²) in [5.41, 5.74) is 3.54. The van der Waals surface area contributed by atoms with Crippen molar-refractivity contribution in [2.24, 2.45) is 0 Å². The lowest BCUT2D eigenvalue weighted by Gasteiger charge is -2.15. The van der Waals surface area contributed by atoms with Gasteiger partial charge in [-0.15, -0.1) is 0 Å². The number of carbonyl (C=O) groups excluding carboxylic acids is 2. The largest absolute Gasteiger partial charge is 0.489 e. The molecule has 0 radical (unpaired) electrons. The van der Waals surface area contributed by atoms with Gasteiger partial charge in [0.2, 0.25) is 5.91 Å². The van der Waals surface area contributed by atoms with Crippen LogP contribution < -0.4 is 15.0 Å². The monoisotopic (exact) mass is 400 g/mol. The third-order valence-corrected chi connectivity index (χ3v) is 5.14. The molecule has 5 heteroatoms. The normalized spacial score (nSPS) is 13.3. The van der Waals surface area contributed by atoms with Crippen molar-refractivity contribution in [3.8, 4) is 5.75 Å². The lowest BCUT2D eigenvalue weighted by Crippen LogP contribution is -2.24.